The van der Waals surface area contributed by atoms with Crippen LogP contribution >= 0.6 is 0 Å². The molecule has 0 saturated heterocycles. The molecule has 182 valence electrons. The van der Waals surface area contributed by atoms with E-state index in [-0.39, 0.29) is 17.9 Å². The molecule has 0 radical (unpaired) electrons. The summed E-state index contributed by atoms with van der Waals surface area (Å²) in [4.78, 5) is 3.93. The number of aromatic hydroxyl groups is 1. The molecule has 0 fully saturated rings. The zero-order valence-electron chi connectivity index (χ0n) is 17.6. The lowest BCUT2D eigenvalue weighted by Crippen LogP contribution is -2.12. The van der Waals surface area contributed by atoms with Crippen molar-refractivity contribution in [2.75, 3.05) is 5.32 Å². The van der Waals surface area contributed by atoms with Crippen LogP contribution < -0.4 is 5.32 Å². The van der Waals surface area contributed by atoms with E-state index in [9.17, 15) is 35.8 Å². The van der Waals surface area contributed by atoms with Gasteiger partial charge in [0.05, 0.1) is 11.1 Å². The van der Waals surface area contributed by atoms with Crippen LogP contribution in [0.5, 0.6) is 5.75 Å². The number of aromatic nitrogens is 2. The number of halogens is 7. The van der Waals surface area contributed by atoms with Crippen molar-refractivity contribution < 1.29 is 40.4 Å². The first-order chi connectivity index (χ1) is 16.5. The highest BCUT2D eigenvalue weighted by Crippen LogP contribution is 2.35. The van der Waals surface area contributed by atoms with E-state index in [1.807, 2.05) is 0 Å². The molecule has 0 aliphatic heterocycles. The molecule has 2 N–H and O–H groups in total. The molecule has 0 atom stereocenters. The van der Waals surface area contributed by atoms with Gasteiger partial charge in [-0.05, 0) is 42.3 Å². The lowest BCUT2D eigenvalue weighted by molar-refractivity contribution is -0.138. The van der Waals surface area contributed by atoms with Crippen molar-refractivity contribution in [1.29, 1.82) is 0 Å². The van der Waals surface area contributed by atoms with Crippen LogP contribution in [0.25, 0.3) is 22.8 Å². The van der Waals surface area contributed by atoms with E-state index in [0.29, 0.717) is 28.9 Å². The van der Waals surface area contributed by atoms with Crippen LogP contribution in [0.4, 0.5) is 36.4 Å². The van der Waals surface area contributed by atoms with Crippen molar-refractivity contribution >= 4 is 5.69 Å². The third-order valence-corrected chi connectivity index (χ3v) is 5.13. The summed E-state index contributed by atoms with van der Waals surface area (Å²) < 4.78 is 99.1. The second-order valence-corrected chi connectivity index (χ2v) is 7.49. The number of nitrogens with zero attached hydrogens (tertiary/aromatic N) is 2. The number of hydrogen-bond donors (Lipinski definition) is 2. The second-order valence-electron chi connectivity index (χ2n) is 7.49. The molecule has 0 spiro atoms. The molecular weight excluding hydrogens is 483 g/mol. The summed E-state index contributed by atoms with van der Waals surface area (Å²) in [5.41, 5.74) is -0.623. The van der Waals surface area contributed by atoms with Crippen LogP contribution in [-0.4, -0.2) is 15.2 Å². The molecule has 0 aliphatic rings. The lowest BCUT2D eigenvalue weighted by Gasteiger charge is -2.15. The molecule has 3 aromatic carbocycles. The Hall–Kier alpha value is -4.09. The molecule has 0 bridgehead atoms. The van der Waals surface area contributed by atoms with Gasteiger partial charge in [-0.3, -0.25) is 0 Å². The van der Waals surface area contributed by atoms with E-state index < -0.39 is 52.2 Å². The van der Waals surface area contributed by atoms with E-state index in [1.165, 1.54) is 6.07 Å². The van der Waals surface area contributed by atoms with E-state index in [0.717, 1.165) is 12.1 Å². The van der Waals surface area contributed by atoms with Crippen molar-refractivity contribution in [3.8, 4) is 28.6 Å². The molecule has 1 heterocycles. The summed E-state index contributed by atoms with van der Waals surface area (Å²) in [6.45, 7) is 1.40. The van der Waals surface area contributed by atoms with Gasteiger partial charge in [0.25, 0.3) is 5.89 Å². The van der Waals surface area contributed by atoms with Gasteiger partial charge in [-0.2, -0.15) is 22.5 Å². The molecule has 0 amide bonds. The van der Waals surface area contributed by atoms with Gasteiger partial charge in [-0.15, -0.1) is 0 Å². The molecule has 35 heavy (non-hydrogen) atoms. The van der Waals surface area contributed by atoms with E-state index in [2.05, 4.69) is 15.5 Å². The van der Waals surface area contributed by atoms with Crippen molar-refractivity contribution in [2.45, 2.75) is 19.6 Å². The Balaban J connectivity index is 1.62. The van der Waals surface area contributed by atoms with Gasteiger partial charge < -0.3 is 14.9 Å². The molecule has 4 aromatic rings. The number of phenols is 1. The molecule has 5 nitrogen and oxygen atoms in total. The Labute approximate surface area is 192 Å². The summed E-state index contributed by atoms with van der Waals surface area (Å²) >= 11 is 0. The number of rotatable bonds is 5. The fourth-order valence-electron chi connectivity index (χ4n) is 3.30. The van der Waals surface area contributed by atoms with Crippen LogP contribution in [0.3, 0.4) is 0 Å². The molecule has 12 heteroatoms. The average molecular weight is 497 g/mol. The number of phenolic OH excluding ortho intramolecular Hbond substituents is 1. The normalized spacial score (nSPS) is 11.7. The number of hydrogen-bond acceptors (Lipinski definition) is 5. The Kier molecular flexibility index (Phi) is 6.14. The zero-order valence-corrected chi connectivity index (χ0v) is 17.6. The first-order valence-corrected chi connectivity index (χ1v) is 9.86. The quantitative estimate of drug-likeness (QED) is 0.240. The van der Waals surface area contributed by atoms with E-state index >= 15 is 0 Å². The van der Waals surface area contributed by atoms with Crippen molar-refractivity contribution in [3.63, 3.8) is 0 Å². The fraction of sp³-hybridized carbons (Fsp3) is 0.130. The number of benzene rings is 3. The van der Waals surface area contributed by atoms with Gasteiger partial charge in [0.1, 0.15) is 5.82 Å². The summed E-state index contributed by atoms with van der Waals surface area (Å²) in [6, 6.07) is 7.45. The summed E-state index contributed by atoms with van der Waals surface area (Å²) in [5.74, 6) is -7.98. The number of nitrogens with one attached hydrogen (secondary N) is 1. The Morgan fingerprint density at radius 1 is 0.971 bits per heavy atom. The van der Waals surface area contributed by atoms with Gasteiger partial charge in [-0.1, -0.05) is 23.4 Å². The lowest BCUT2D eigenvalue weighted by atomic mass is 10.1. The van der Waals surface area contributed by atoms with Crippen molar-refractivity contribution in [1.82, 2.24) is 10.1 Å². The van der Waals surface area contributed by atoms with Crippen LogP contribution in [0.15, 0.2) is 47.0 Å². The zero-order chi connectivity index (χ0) is 25.5. The topological polar surface area (TPSA) is 71.2 Å². The predicted octanol–water partition coefficient (Wildman–Crippen LogP) is 6.60. The largest absolute Gasteiger partial charge is 0.503 e. The second kappa shape index (κ2) is 8.93. The monoisotopic (exact) mass is 497 g/mol. The van der Waals surface area contributed by atoms with Gasteiger partial charge in [-0.25, -0.2) is 13.2 Å². The Bertz CT molecular complexity index is 1420. The van der Waals surface area contributed by atoms with Crippen LogP contribution in [0.1, 0.15) is 16.7 Å². The van der Waals surface area contributed by atoms with Gasteiger partial charge >= 0.3 is 6.18 Å². The van der Waals surface area contributed by atoms with Crippen molar-refractivity contribution in [3.05, 3.63) is 82.4 Å². The standard InChI is InChI=1S/C23H14F7N3O2/c1-10-2-3-11(6-17(10)31-9-12-4-5-13(24)7-15(12)23(28,29)30)21-32-22(35-33-21)14-8-16(25)19(27)20(34)18(14)26/h2-8,31,34H,9H2,1H3. The smallest absolute Gasteiger partial charge is 0.416 e. The SMILES string of the molecule is Cc1ccc(-c2noc(-c3cc(F)c(F)c(O)c3F)n2)cc1NCc1ccc(F)cc1C(F)(F)F. The van der Waals surface area contributed by atoms with Crippen LogP contribution in [0.2, 0.25) is 0 Å². The highest BCUT2D eigenvalue weighted by Gasteiger charge is 2.33. The van der Waals surface area contributed by atoms with Gasteiger partial charge in [0.2, 0.25) is 11.6 Å². The molecule has 0 aliphatic carbocycles. The predicted molar refractivity (Wildman–Crippen MR) is 110 cm³/mol. The highest BCUT2D eigenvalue weighted by atomic mass is 19.4. The Morgan fingerprint density at radius 2 is 1.71 bits per heavy atom. The summed E-state index contributed by atoms with van der Waals surface area (Å²) in [5, 5.41) is 15.9. The molecule has 1 aromatic heterocycles. The maximum absolute atomic E-state index is 14.2. The fourth-order valence-corrected chi connectivity index (χ4v) is 3.30. The molecule has 0 saturated carbocycles. The first kappa shape index (κ1) is 24.0. The summed E-state index contributed by atoms with van der Waals surface area (Å²) in [7, 11) is 0. The molecule has 0 unspecified atom stereocenters. The minimum Gasteiger partial charge on any atom is -0.503 e. The third kappa shape index (κ3) is 4.77. The molecular formula is C23H14F7N3O2. The highest BCUT2D eigenvalue weighted by molar-refractivity contribution is 5.67. The van der Waals surface area contributed by atoms with E-state index in [1.54, 1.807) is 19.1 Å². The average Bonchev–Trinajstić information content (AvgIpc) is 3.29. The number of anilines is 1. The van der Waals surface area contributed by atoms with Gasteiger partial charge in [0, 0.05) is 17.8 Å². The number of alkyl halides is 3. The first-order valence-electron chi connectivity index (χ1n) is 9.86. The van der Waals surface area contributed by atoms with Gasteiger partial charge in [0.15, 0.2) is 17.4 Å². The molecule has 4 rings (SSSR count). The number of aryl methyl sites for hydroxylation is 1. The van der Waals surface area contributed by atoms with Crippen molar-refractivity contribution in [2.24, 2.45) is 0 Å². The Morgan fingerprint density at radius 3 is 2.43 bits per heavy atom. The van der Waals surface area contributed by atoms with E-state index in [4.69, 9.17) is 4.52 Å². The minimum absolute atomic E-state index is 0.0931. The van der Waals surface area contributed by atoms with Crippen LogP contribution in [-0.2, 0) is 12.7 Å². The van der Waals surface area contributed by atoms with Crippen LogP contribution in [0, 0.1) is 30.2 Å². The maximum Gasteiger partial charge on any atom is 0.416 e. The maximum atomic E-state index is 14.2. The summed E-state index contributed by atoms with van der Waals surface area (Å²) in [6.07, 6.45) is -4.75. The third-order valence-electron chi connectivity index (χ3n) is 5.13. The minimum atomic E-state index is -4.75.